The Morgan fingerprint density at radius 3 is 2.21 bits per heavy atom. The summed E-state index contributed by atoms with van der Waals surface area (Å²) in [6, 6.07) is 17.2. The summed E-state index contributed by atoms with van der Waals surface area (Å²) in [6.07, 6.45) is 1.86. The summed E-state index contributed by atoms with van der Waals surface area (Å²) in [6.45, 7) is 7.82. The minimum absolute atomic E-state index is 0.0963. The number of nitrogens with zero attached hydrogens (tertiary/aromatic N) is 1. The molecule has 0 saturated carbocycles. The molecule has 1 atom stereocenters. The van der Waals surface area contributed by atoms with E-state index in [1.54, 1.807) is 12.1 Å². The molecule has 2 aromatic rings. The molecule has 1 unspecified atom stereocenters. The quantitative estimate of drug-likeness (QED) is 0.733. The molecular weight excluding hydrogens is 372 g/mol. The van der Waals surface area contributed by atoms with Gasteiger partial charge in [-0.3, -0.25) is 9.10 Å². The van der Waals surface area contributed by atoms with Crippen LogP contribution in [0.1, 0.15) is 38.3 Å². The number of sulfonamides is 1. The second-order valence-electron chi connectivity index (χ2n) is 7.98. The van der Waals surface area contributed by atoms with E-state index in [1.165, 1.54) is 5.56 Å². The van der Waals surface area contributed by atoms with Crippen molar-refractivity contribution in [1.82, 2.24) is 5.32 Å². The van der Waals surface area contributed by atoms with Crippen LogP contribution in [0.25, 0.3) is 0 Å². The third-order valence-corrected chi connectivity index (χ3v) is 5.98. The Labute approximate surface area is 168 Å². The van der Waals surface area contributed by atoms with Crippen LogP contribution in [0.5, 0.6) is 0 Å². The number of carbonyl (C=O) groups excluding carboxylic acids is 1. The van der Waals surface area contributed by atoms with Gasteiger partial charge in [-0.2, -0.15) is 0 Å². The second kappa shape index (κ2) is 8.78. The van der Waals surface area contributed by atoms with Crippen molar-refractivity contribution in [3.63, 3.8) is 0 Å². The topological polar surface area (TPSA) is 66.5 Å². The molecule has 0 bridgehead atoms. The second-order valence-corrected chi connectivity index (χ2v) is 9.89. The summed E-state index contributed by atoms with van der Waals surface area (Å²) in [4.78, 5) is 12.6. The first-order valence-corrected chi connectivity index (χ1v) is 11.2. The SMILES string of the molecule is Cc1ccccc1N(CC(=O)NC(C)CC(C)(C)c1ccccc1)S(C)(=O)=O. The Hall–Kier alpha value is -2.34. The molecular formula is C22H30N2O3S. The molecule has 1 amide bonds. The number of nitrogens with one attached hydrogen (secondary N) is 1. The third-order valence-electron chi connectivity index (χ3n) is 4.85. The van der Waals surface area contributed by atoms with Crippen LogP contribution in [0.2, 0.25) is 0 Å². The summed E-state index contributed by atoms with van der Waals surface area (Å²) < 4.78 is 25.7. The summed E-state index contributed by atoms with van der Waals surface area (Å²) in [7, 11) is -3.58. The number of hydrogen-bond acceptors (Lipinski definition) is 3. The van der Waals surface area contributed by atoms with E-state index in [4.69, 9.17) is 0 Å². The van der Waals surface area contributed by atoms with E-state index in [0.717, 1.165) is 22.5 Å². The number of rotatable bonds is 8. The molecule has 5 nitrogen and oxygen atoms in total. The van der Waals surface area contributed by atoms with Gasteiger partial charge < -0.3 is 5.32 Å². The Morgan fingerprint density at radius 2 is 1.64 bits per heavy atom. The molecule has 0 saturated heterocycles. The van der Waals surface area contributed by atoms with Gasteiger partial charge in [0.15, 0.2) is 0 Å². The maximum Gasteiger partial charge on any atom is 0.240 e. The fourth-order valence-electron chi connectivity index (χ4n) is 3.50. The van der Waals surface area contributed by atoms with E-state index in [0.29, 0.717) is 5.69 Å². The highest BCUT2D eigenvalue weighted by molar-refractivity contribution is 7.92. The first-order chi connectivity index (χ1) is 13.0. The van der Waals surface area contributed by atoms with Crippen LogP contribution in [0.15, 0.2) is 54.6 Å². The van der Waals surface area contributed by atoms with Crippen molar-refractivity contribution in [2.24, 2.45) is 0 Å². The first kappa shape index (κ1) is 22.0. The third kappa shape index (κ3) is 5.83. The maximum atomic E-state index is 12.6. The van der Waals surface area contributed by atoms with Gasteiger partial charge >= 0.3 is 0 Å². The molecule has 1 N–H and O–H groups in total. The lowest BCUT2D eigenvalue weighted by Gasteiger charge is -2.30. The van der Waals surface area contributed by atoms with Crippen LogP contribution in [0.4, 0.5) is 5.69 Å². The van der Waals surface area contributed by atoms with Crippen molar-refractivity contribution in [2.45, 2.75) is 45.6 Å². The molecule has 0 spiro atoms. The highest BCUT2D eigenvalue weighted by atomic mass is 32.2. The monoisotopic (exact) mass is 402 g/mol. The van der Waals surface area contributed by atoms with Gasteiger partial charge in [0.05, 0.1) is 11.9 Å². The number of carbonyl (C=O) groups is 1. The van der Waals surface area contributed by atoms with Gasteiger partial charge in [-0.05, 0) is 42.9 Å². The number of anilines is 1. The molecule has 28 heavy (non-hydrogen) atoms. The van der Waals surface area contributed by atoms with Gasteiger partial charge in [0.1, 0.15) is 6.54 Å². The Bertz CT molecular complexity index is 908. The van der Waals surface area contributed by atoms with Crippen LogP contribution in [0, 0.1) is 6.92 Å². The fraction of sp³-hybridized carbons (Fsp3) is 0.409. The van der Waals surface area contributed by atoms with Crippen LogP contribution >= 0.6 is 0 Å². The number of aryl methyl sites for hydroxylation is 1. The van der Waals surface area contributed by atoms with Gasteiger partial charge in [0.2, 0.25) is 15.9 Å². The summed E-state index contributed by atoms with van der Waals surface area (Å²) in [5, 5.41) is 2.95. The number of hydrogen-bond donors (Lipinski definition) is 1. The average Bonchev–Trinajstić information content (AvgIpc) is 2.59. The summed E-state index contributed by atoms with van der Waals surface area (Å²) in [5.41, 5.74) is 2.42. The lowest BCUT2D eigenvalue weighted by molar-refractivity contribution is -0.120. The van der Waals surface area contributed by atoms with Crippen molar-refractivity contribution in [2.75, 3.05) is 17.1 Å². The van der Waals surface area contributed by atoms with Gasteiger partial charge in [-0.15, -0.1) is 0 Å². The van der Waals surface area contributed by atoms with E-state index in [1.807, 2.05) is 44.2 Å². The minimum atomic E-state index is -3.58. The molecule has 152 valence electrons. The Morgan fingerprint density at radius 1 is 1.07 bits per heavy atom. The fourth-order valence-corrected chi connectivity index (χ4v) is 4.41. The highest BCUT2D eigenvalue weighted by Gasteiger charge is 2.26. The predicted octanol–water partition coefficient (Wildman–Crippen LogP) is 3.63. The van der Waals surface area contributed by atoms with E-state index in [2.05, 4.69) is 31.3 Å². The standard InChI is InChI=1S/C22H30N2O3S/c1-17-11-9-10-14-20(17)24(28(5,26)27)16-21(25)23-18(2)15-22(3,4)19-12-7-6-8-13-19/h6-14,18H,15-16H2,1-5H3,(H,23,25). The van der Waals surface area contributed by atoms with Crippen molar-refractivity contribution < 1.29 is 13.2 Å². The van der Waals surface area contributed by atoms with Crippen molar-refractivity contribution in [3.05, 3.63) is 65.7 Å². The van der Waals surface area contributed by atoms with Crippen LogP contribution in [-0.2, 0) is 20.2 Å². The number of amides is 1. The molecule has 0 fully saturated rings. The normalized spacial score (nSPS) is 13.0. The Kier molecular flexibility index (Phi) is 6.88. The number of para-hydroxylation sites is 1. The zero-order valence-corrected chi connectivity index (χ0v) is 18.1. The van der Waals surface area contributed by atoms with Gasteiger partial charge in [0.25, 0.3) is 0 Å². The first-order valence-electron chi connectivity index (χ1n) is 9.39. The zero-order valence-electron chi connectivity index (χ0n) is 17.3. The van der Waals surface area contributed by atoms with Crippen molar-refractivity contribution in [3.8, 4) is 0 Å². The molecule has 2 aromatic carbocycles. The largest absolute Gasteiger partial charge is 0.352 e. The minimum Gasteiger partial charge on any atom is -0.352 e. The zero-order chi connectivity index (χ0) is 20.9. The van der Waals surface area contributed by atoms with Crippen LogP contribution in [0.3, 0.4) is 0 Å². The van der Waals surface area contributed by atoms with E-state index < -0.39 is 10.0 Å². The number of benzene rings is 2. The summed E-state index contributed by atoms with van der Waals surface area (Å²) in [5.74, 6) is -0.315. The lowest BCUT2D eigenvalue weighted by atomic mass is 9.79. The van der Waals surface area contributed by atoms with E-state index >= 15 is 0 Å². The van der Waals surface area contributed by atoms with E-state index in [9.17, 15) is 13.2 Å². The van der Waals surface area contributed by atoms with Gasteiger partial charge in [-0.1, -0.05) is 62.4 Å². The molecule has 0 heterocycles. The molecule has 0 aromatic heterocycles. The smallest absolute Gasteiger partial charge is 0.240 e. The molecule has 2 rings (SSSR count). The average molecular weight is 403 g/mol. The molecule has 0 aliphatic carbocycles. The van der Waals surface area contributed by atoms with Crippen LogP contribution in [-0.4, -0.2) is 33.2 Å². The lowest BCUT2D eigenvalue weighted by Crippen LogP contribution is -2.44. The maximum absolute atomic E-state index is 12.6. The molecule has 6 heteroatoms. The Balaban J connectivity index is 2.08. The molecule has 0 aliphatic rings. The molecule has 0 radical (unpaired) electrons. The van der Waals surface area contributed by atoms with E-state index in [-0.39, 0.29) is 23.9 Å². The van der Waals surface area contributed by atoms with Crippen molar-refractivity contribution >= 4 is 21.6 Å². The van der Waals surface area contributed by atoms with Gasteiger partial charge in [0, 0.05) is 6.04 Å². The molecule has 0 aliphatic heterocycles. The van der Waals surface area contributed by atoms with Gasteiger partial charge in [-0.25, -0.2) is 8.42 Å². The van der Waals surface area contributed by atoms with Crippen LogP contribution < -0.4 is 9.62 Å². The predicted molar refractivity (Wildman–Crippen MR) is 115 cm³/mol. The highest BCUT2D eigenvalue weighted by Crippen LogP contribution is 2.28. The summed E-state index contributed by atoms with van der Waals surface area (Å²) >= 11 is 0. The van der Waals surface area contributed by atoms with Crippen molar-refractivity contribution in [1.29, 1.82) is 0 Å².